The van der Waals surface area contributed by atoms with E-state index in [4.69, 9.17) is 10.5 Å². The standard InChI is InChI=1S/C54H60F6N8O9/c1-30(2)20-42(49(73)67-44(25-35-27-62-41-13-8-7-12-39(35)41)52(76)77-29-34-21-36(53(55,56)57)26-37(22-34)54(58,59)60)66-50(74)45-14-9-19-68(45)51(75)43(24-32-10-5-4-6-11-32)65-46(70)28-63-47(71)31(3)64-48(72)40(61)23-33-15-17-38(69)18-16-33/h4-8,10-13,15-18,21-22,26-27,30-31,40,42-45,62,69H,9,14,19-20,23-25,28-29,61H2,1-3H3,(H,63,71)(H,64,72)(H,65,70)(H,66,74)(H,67,73). The molecule has 6 unspecified atom stereocenters. The highest BCUT2D eigenvalue weighted by Gasteiger charge is 2.41. The number of carbonyl (C=O) groups excluding carboxylic acids is 7. The van der Waals surface area contributed by atoms with Gasteiger partial charge in [0.1, 0.15) is 42.6 Å². The molecule has 6 rings (SSSR count). The topological polar surface area (TPSA) is 254 Å². The molecule has 2 heterocycles. The number of carbonyl (C=O) groups is 7. The highest BCUT2D eigenvalue weighted by atomic mass is 19.4. The van der Waals surface area contributed by atoms with Crippen LogP contribution in [0.25, 0.3) is 10.9 Å². The molecule has 0 spiro atoms. The van der Waals surface area contributed by atoms with Gasteiger partial charge in [0, 0.05) is 36.5 Å². The van der Waals surface area contributed by atoms with Crippen molar-refractivity contribution < 1.29 is 69.7 Å². The molecular weight excluding hydrogens is 1020 g/mol. The molecule has 6 atom stereocenters. The van der Waals surface area contributed by atoms with E-state index in [1.54, 1.807) is 86.8 Å². The summed E-state index contributed by atoms with van der Waals surface area (Å²) in [6.07, 6.45) is -8.44. The molecule has 23 heteroatoms. The van der Waals surface area contributed by atoms with Crippen molar-refractivity contribution in [3.05, 3.63) is 137 Å². The lowest BCUT2D eigenvalue weighted by molar-refractivity contribution is -0.149. The number of fused-ring (bicyclic) bond motifs is 1. The van der Waals surface area contributed by atoms with Crippen molar-refractivity contribution in [2.24, 2.45) is 11.7 Å². The number of aromatic hydroxyl groups is 1. The molecule has 9 N–H and O–H groups in total. The second-order valence-corrected chi connectivity index (χ2v) is 19.3. The zero-order valence-corrected chi connectivity index (χ0v) is 42.2. The van der Waals surface area contributed by atoms with Crippen LogP contribution in [0, 0.1) is 5.92 Å². The number of phenols is 1. The molecule has 0 aliphatic carbocycles. The second kappa shape index (κ2) is 25.7. The first-order chi connectivity index (χ1) is 36.4. The Morgan fingerprint density at radius 3 is 2.00 bits per heavy atom. The van der Waals surface area contributed by atoms with Gasteiger partial charge < -0.3 is 52.0 Å². The molecule has 1 aliphatic rings. The van der Waals surface area contributed by atoms with Crippen molar-refractivity contribution in [2.75, 3.05) is 13.1 Å². The molecule has 17 nitrogen and oxygen atoms in total. The number of ether oxygens (including phenoxy) is 1. The third kappa shape index (κ3) is 16.5. The molecule has 1 aliphatic heterocycles. The number of nitrogens with zero attached hydrogens (tertiary/aromatic N) is 1. The van der Waals surface area contributed by atoms with Crippen molar-refractivity contribution in [2.45, 2.75) is 115 Å². The third-order valence-corrected chi connectivity index (χ3v) is 12.7. The minimum atomic E-state index is -5.16. The number of hydrogen-bond donors (Lipinski definition) is 8. The lowest BCUT2D eigenvalue weighted by Crippen LogP contribution is -2.58. The van der Waals surface area contributed by atoms with Gasteiger partial charge in [-0.1, -0.05) is 74.5 Å². The van der Waals surface area contributed by atoms with E-state index in [0.717, 1.165) is 0 Å². The average molecular weight is 1080 g/mol. The van der Waals surface area contributed by atoms with Crippen LogP contribution in [0.4, 0.5) is 26.3 Å². The van der Waals surface area contributed by atoms with E-state index in [0.29, 0.717) is 46.1 Å². The summed E-state index contributed by atoms with van der Waals surface area (Å²) in [7, 11) is 0. The smallest absolute Gasteiger partial charge is 0.416 e. The minimum absolute atomic E-state index is 0.00483. The van der Waals surface area contributed by atoms with Crippen LogP contribution >= 0.6 is 0 Å². The predicted octanol–water partition coefficient (Wildman–Crippen LogP) is 5.12. The number of hydrogen-bond acceptors (Lipinski definition) is 10. The number of aromatic amines is 1. The lowest BCUT2D eigenvalue weighted by atomic mass is 10.0. The Morgan fingerprint density at radius 1 is 0.714 bits per heavy atom. The largest absolute Gasteiger partial charge is 0.508 e. The third-order valence-electron chi connectivity index (χ3n) is 12.7. The van der Waals surface area contributed by atoms with Crippen LogP contribution in [-0.2, 0) is 76.5 Å². The summed E-state index contributed by atoms with van der Waals surface area (Å²) in [5.74, 6) is -5.84. The molecule has 77 heavy (non-hydrogen) atoms. The normalized spacial score (nSPS) is 15.7. The van der Waals surface area contributed by atoms with Crippen LogP contribution < -0.4 is 32.3 Å². The Bertz CT molecular complexity index is 2870. The van der Waals surface area contributed by atoms with Gasteiger partial charge in [-0.2, -0.15) is 26.3 Å². The Kier molecular flexibility index (Phi) is 19.5. The number of H-pyrrole nitrogens is 1. The summed E-state index contributed by atoms with van der Waals surface area (Å²) in [6, 6.07) is 15.0. The number of esters is 1. The van der Waals surface area contributed by atoms with Crippen LogP contribution in [-0.4, -0.2) is 106 Å². The fourth-order valence-corrected chi connectivity index (χ4v) is 8.80. The molecule has 1 aromatic heterocycles. The van der Waals surface area contributed by atoms with E-state index in [1.165, 1.54) is 24.0 Å². The molecule has 4 aromatic carbocycles. The molecule has 412 valence electrons. The highest BCUT2D eigenvalue weighted by Crippen LogP contribution is 2.36. The summed E-state index contributed by atoms with van der Waals surface area (Å²) >= 11 is 0. The fraction of sp³-hybridized carbons (Fsp3) is 0.389. The summed E-state index contributed by atoms with van der Waals surface area (Å²) in [5.41, 5.74) is 4.65. The fourth-order valence-electron chi connectivity index (χ4n) is 8.80. The van der Waals surface area contributed by atoms with E-state index < -0.39 is 120 Å². The molecule has 1 saturated heterocycles. The zero-order valence-electron chi connectivity index (χ0n) is 42.2. The summed E-state index contributed by atoms with van der Waals surface area (Å²) in [6.45, 7) is 3.35. The Morgan fingerprint density at radius 2 is 1.35 bits per heavy atom. The number of aromatic nitrogens is 1. The second-order valence-electron chi connectivity index (χ2n) is 19.3. The SMILES string of the molecule is CC(C)CC(NC(=O)C1CCCN1C(=O)C(Cc1ccccc1)NC(=O)CNC(=O)C(C)NC(=O)C(N)Cc1ccc(O)cc1)C(=O)NC(Cc1c[nH]c2ccccc12)C(=O)OCc1cc(C(F)(F)F)cc(C(F)(F)F)c1. The molecule has 0 radical (unpaired) electrons. The number of halogens is 6. The van der Waals surface area contributed by atoms with E-state index in [1.807, 2.05) is 0 Å². The van der Waals surface area contributed by atoms with Gasteiger partial charge in [0.2, 0.25) is 35.4 Å². The average Bonchev–Trinajstić information content (AvgIpc) is 4.06. The summed E-state index contributed by atoms with van der Waals surface area (Å²) < 4.78 is 87.3. The zero-order chi connectivity index (χ0) is 56.2. The summed E-state index contributed by atoms with van der Waals surface area (Å²) in [5, 5.41) is 23.1. The van der Waals surface area contributed by atoms with Gasteiger partial charge in [-0.25, -0.2) is 4.79 Å². The van der Waals surface area contributed by atoms with E-state index in [9.17, 15) is 65.0 Å². The van der Waals surface area contributed by atoms with Gasteiger partial charge in [0.05, 0.1) is 23.7 Å². The Balaban J connectivity index is 1.14. The van der Waals surface area contributed by atoms with Crippen molar-refractivity contribution in [3.8, 4) is 5.75 Å². The first-order valence-corrected chi connectivity index (χ1v) is 24.7. The van der Waals surface area contributed by atoms with Crippen LogP contribution in [0.15, 0.2) is 103 Å². The number of alkyl halides is 6. The number of nitrogens with two attached hydrogens (primary N) is 1. The molecule has 5 aromatic rings. The molecule has 0 bridgehead atoms. The van der Waals surface area contributed by atoms with Crippen LogP contribution in [0.3, 0.4) is 0 Å². The van der Waals surface area contributed by atoms with Crippen molar-refractivity contribution in [3.63, 3.8) is 0 Å². The van der Waals surface area contributed by atoms with E-state index in [-0.39, 0.29) is 56.4 Å². The number of rotatable bonds is 22. The Hall–Kier alpha value is -7.95. The lowest BCUT2D eigenvalue weighted by Gasteiger charge is -2.30. The molecule has 0 saturated carbocycles. The van der Waals surface area contributed by atoms with Crippen molar-refractivity contribution >= 4 is 52.3 Å². The van der Waals surface area contributed by atoms with Crippen LogP contribution in [0.1, 0.15) is 73.4 Å². The van der Waals surface area contributed by atoms with Crippen molar-refractivity contribution in [1.82, 2.24) is 36.5 Å². The van der Waals surface area contributed by atoms with Gasteiger partial charge in [-0.3, -0.25) is 28.8 Å². The number of para-hydroxylation sites is 1. The van der Waals surface area contributed by atoms with E-state index >= 15 is 0 Å². The number of nitrogens with one attached hydrogen (secondary N) is 6. The van der Waals surface area contributed by atoms with Crippen LogP contribution in [0.5, 0.6) is 5.75 Å². The maximum absolute atomic E-state index is 14.5. The number of likely N-dealkylation sites (tertiary alicyclic amines) is 1. The molecule has 1 fully saturated rings. The minimum Gasteiger partial charge on any atom is -0.508 e. The van der Waals surface area contributed by atoms with Crippen LogP contribution in [0.2, 0.25) is 0 Å². The maximum Gasteiger partial charge on any atom is 0.416 e. The monoisotopic (exact) mass is 1080 g/mol. The molecular formula is C54H60F6N8O9. The number of amides is 6. The number of benzene rings is 4. The number of phenolic OH excluding ortho intramolecular Hbond substituents is 1. The first-order valence-electron chi connectivity index (χ1n) is 24.7. The van der Waals surface area contributed by atoms with Gasteiger partial charge >= 0.3 is 18.3 Å². The predicted molar refractivity (Wildman–Crippen MR) is 269 cm³/mol. The van der Waals surface area contributed by atoms with Gasteiger partial charge in [0.15, 0.2) is 0 Å². The van der Waals surface area contributed by atoms with Gasteiger partial charge in [0.25, 0.3) is 0 Å². The first kappa shape index (κ1) is 58.3. The van der Waals surface area contributed by atoms with Crippen molar-refractivity contribution in [1.29, 1.82) is 0 Å². The van der Waals surface area contributed by atoms with Gasteiger partial charge in [-0.15, -0.1) is 0 Å². The highest BCUT2D eigenvalue weighted by molar-refractivity contribution is 5.97. The van der Waals surface area contributed by atoms with Gasteiger partial charge in [-0.05, 0) is 97.2 Å². The Labute approximate surface area is 439 Å². The quantitative estimate of drug-likeness (QED) is 0.0335. The van der Waals surface area contributed by atoms with E-state index in [2.05, 4.69) is 31.6 Å². The summed E-state index contributed by atoms with van der Waals surface area (Å²) in [4.78, 5) is 100. The molecule has 6 amide bonds. The maximum atomic E-state index is 14.5.